The molecule has 0 spiro atoms. The summed E-state index contributed by atoms with van der Waals surface area (Å²) in [5, 5.41) is 0. The van der Waals surface area contributed by atoms with Gasteiger partial charge in [-0.1, -0.05) is 23.2 Å². The molecule has 1 rings (SSSR count). The van der Waals surface area contributed by atoms with Gasteiger partial charge in [-0.2, -0.15) is 18.2 Å². The van der Waals surface area contributed by atoms with E-state index in [0.29, 0.717) is 6.08 Å². The van der Waals surface area contributed by atoms with E-state index in [1.54, 1.807) is 0 Å². The van der Waals surface area contributed by atoms with Crippen LogP contribution in [0.15, 0.2) is 28.9 Å². The van der Waals surface area contributed by atoms with Crippen molar-refractivity contribution in [1.29, 1.82) is 0 Å². The minimum Gasteiger partial charge on any atom is -0.211 e. The normalized spacial score (nSPS) is 24.3. The third kappa shape index (κ3) is 2.84. The zero-order valence-corrected chi connectivity index (χ0v) is 8.57. The van der Waals surface area contributed by atoms with Crippen LogP contribution in [0, 0.1) is 5.92 Å². The molecule has 0 aromatic carbocycles. The summed E-state index contributed by atoms with van der Waals surface area (Å²) in [6, 6.07) is 0. The molecular weight excluding hydrogens is 254 g/mol. The van der Waals surface area contributed by atoms with E-state index in [1.165, 1.54) is 0 Å². The van der Waals surface area contributed by atoms with Crippen molar-refractivity contribution in [2.45, 2.75) is 10.5 Å². The van der Waals surface area contributed by atoms with Crippen LogP contribution < -0.4 is 0 Å². The molecule has 0 bridgehead atoms. The zero-order chi connectivity index (χ0) is 11.7. The lowest BCUT2D eigenvalue weighted by Gasteiger charge is -2.29. The SMILES string of the molecule is O=C=NC1=CC(C(F)(F)F)C(Cl)(Cl)C=C1. The van der Waals surface area contributed by atoms with Crippen LogP contribution in [0.3, 0.4) is 0 Å². The van der Waals surface area contributed by atoms with Crippen LogP contribution in [-0.4, -0.2) is 16.6 Å². The van der Waals surface area contributed by atoms with E-state index in [2.05, 4.69) is 4.99 Å². The molecule has 0 aromatic rings. The van der Waals surface area contributed by atoms with E-state index in [0.717, 1.165) is 18.2 Å². The largest absolute Gasteiger partial charge is 0.398 e. The number of allylic oxidation sites excluding steroid dienone is 3. The van der Waals surface area contributed by atoms with Gasteiger partial charge in [0.15, 0.2) is 4.33 Å². The molecule has 0 aliphatic heterocycles. The van der Waals surface area contributed by atoms with E-state index < -0.39 is 16.4 Å². The van der Waals surface area contributed by atoms with Crippen LogP contribution in [0.2, 0.25) is 0 Å². The average Bonchev–Trinajstić information content (AvgIpc) is 2.06. The molecular formula is C8H4Cl2F3NO. The van der Waals surface area contributed by atoms with Gasteiger partial charge in [-0.3, -0.25) is 0 Å². The monoisotopic (exact) mass is 257 g/mol. The first-order valence-electron chi connectivity index (χ1n) is 3.71. The highest BCUT2D eigenvalue weighted by Crippen LogP contribution is 2.45. The average molecular weight is 258 g/mol. The first-order chi connectivity index (χ1) is 6.77. The predicted octanol–water partition coefficient (Wildman–Crippen LogP) is 3.13. The molecule has 0 aromatic heterocycles. The number of carbonyl (C=O) groups excluding carboxylic acids is 1. The molecule has 82 valence electrons. The lowest BCUT2D eigenvalue weighted by Crippen LogP contribution is -2.36. The Morgan fingerprint density at radius 2 is 2.07 bits per heavy atom. The molecule has 1 aliphatic rings. The van der Waals surface area contributed by atoms with Crippen molar-refractivity contribution in [3.05, 3.63) is 23.9 Å². The third-order valence-electron chi connectivity index (χ3n) is 1.76. The number of aliphatic imine (C=N–C) groups is 1. The summed E-state index contributed by atoms with van der Waals surface area (Å²) in [6.07, 6.45) is -0.708. The number of rotatable bonds is 1. The zero-order valence-electron chi connectivity index (χ0n) is 7.05. The topological polar surface area (TPSA) is 29.4 Å². The van der Waals surface area contributed by atoms with Crippen molar-refractivity contribution in [3.63, 3.8) is 0 Å². The first-order valence-corrected chi connectivity index (χ1v) is 4.46. The summed E-state index contributed by atoms with van der Waals surface area (Å²) >= 11 is 10.9. The van der Waals surface area contributed by atoms with Crippen LogP contribution in [0.1, 0.15) is 0 Å². The number of alkyl halides is 5. The van der Waals surface area contributed by atoms with E-state index in [1.807, 2.05) is 0 Å². The molecule has 1 aliphatic carbocycles. The molecule has 0 radical (unpaired) electrons. The fourth-order valence-electron chi connectivity index (χ4n) is 1.08. The quantitative estimate of drug-likeness (QED) is 0.403. The Morgan fingerprint density at radius 3 is 2.53 bits per heavy atom. The summed E-state index contributed by atoms with van der Waals surface area (Å²) in [4.78, 5) is 12.9. The Balaban J connectivity index is 3.11. The van der Waals surface area contributed by atoms with Crippen LogP contribution in [0.5, 0.6) is 0 Å². The van der Waals surface area contributed by atoms with E-state index in [-0.39, 0.29) is 5.70 Å². The van der Waals surface area contributed by atoms with Crippen molar-refractivity contribution in [2.24, 2.45) is 10.9 Å². The highest BCUT2D eigenvalue weighted by atomic mass is 35.5. The van der Waals surface area contributed by atoms with Crippen LogP contribution in [-0.2, 0) is 4.79 Å². The van der Waals surface area contributed by atoms with Gasteiger partial charge < -0.3 is 0 Å². The lowest BCUT2D eigenvalue weighted by atomic mass is 9.97. The second kappa shape index (κ2) is 4.00. The Kier molecular flexibility index (Phi) is 3.28. The summed E-state index contributed by atoms with van der Waals surface area (Å²) in [6.45, 7) is 0. The summed E-state index contributed by atoms with van der Waals surface area (Å²) < 4.78 is 35.3. The molecule has 0 amide bonds. The van der Waals surface area contributed by atoms with Crippen LogP contribution in [0.4, 0.5) is 13.2 Å². The van der Waals surface area contributed by atoms with Gasteiger partial charge >= 0.3 is 6.18 Å². The molecule has 0 saturated carbocycles. The molecule has 0 heterocycles. The molecule has 1 unspecified atom stereocenters. The maximum absolute atomic E-state index is 12.5. The number of hydrogen-bond donors (Lipinski definition) is 0. The Bertz CT molecular complexity index is 367. The number of hydrogen-bond acceptors (Lipinski definition) is 2. The smallest absolute Gasteiger partial charge is 0.211 e. The highest BCUT2D eigenvalue weighted by Gasteiger charge is 2.51. The summed E-state index contributed by atoms with van der Waals surface area (Å²) in [7, 11) is 0. The molecule has 2 nitrogen and oxygen atoms in total. The molecule has 0 N–H and O–H groups in total. The fourth-order valence-corrected chi connectivity index (χ4v) is 1.58. The first kappa shape index (κ1) is 12.3. The second-order valence-electron chi connectivity index (χ2n) is 2.82. The van der Waals surface area contributed by atoms with Crippen LogP contribution >= 0.6 is 23.2 Å². The van der Waals surface area contributed by atoms with E-state index in [9.17, 15) is 18.0 Å². The minimum atomic E-state index is -4.60. The maximum Gasteiger partial charge on any atom is 0.398 e. The molecule has 15 heavy (non-hydrogen) atoms. The van der Waals surface area contributed by atoms with Gasteiger partial charge in [0.05, 0.1) is 5.70 Å². The highest BCUT2D eigenvalue weighted by molar-refractivity contribution is 6.50. The fraction of sp³-hybridized carbons (Fsp3) is 0.375. The van der Waals surface area contributed by atoms with Gasteiger partial charge in [0.25, 0.3) is 0 Å². The van der Waals surface area contributed by atoms with Crippen molar-refractivity contribution in [2.75, 3.05) is 0 Å². The van der Waals surface area contributed by atoms with E-state index >= 15 is 0 Å². The standard InChI is InChI=1S/C8H4Cl2F3NO/c9-7(10)2-1-5(14-4-15)3-6(7)8(11,12)13/h1-3,6H. The third-order valence-corrected chi connectivity index (χ3v) is 2.48. The Hall–Kier alpha value is -0.770. The summed E-state index contributed by atoms with van der Waals surface area (Å²) in [5.41, 5.74) is -0.163. The van der Waals surface area contributed by atoms with E-state index in [4.69, 9.17) is 23.2 Å². The van der Waals surface area contributed by atoms with Gasteiger partial charge in [0, 0.05) is 0 Å². The lowest BCUT2D eigenvalue weighted by molar-refractivity contribution is -0.162. The second-order valence-corrected chi connectivity index (χ2v) is 4.27. The molecule has 1 atom stereocenters. The van der Waals surface area contributed by atoms with Gasteiger partial charge in [0.2, 0.25) is 6.08 Å². The molecule has 7 heteroatoms. The number of halogens is 5. The van der Waals surface area contributed by atoms with Gasteiger partial charge in [-0.25, -0.2) is 4.79 Å². The van der Waals surface area contributed by atoms with Crippen molar-refractivity contribution in [3.8, 4) is 0 Å². The minimum absolute atomic E-state index is 0.163. The maximum atomic E-state index is 12.5. The molecule has 0 fully saturated rings. The number of isocyanates is 1. The Labute approximate surface area is 93.1 Å². The van der Waals surface area contributed by atoms with Gasteiger partial charge in [-0.05, 0) is 18.2 Å². The Morgan fingerprint density at radius 1 is 1.47 bits per heavy atom. The van der Waals surface area contributed by atoms with Crippen molar-refractivity contribution >= 4 is 29.3 Å². The van der Waals surface area contributed by atoms with Crippen LogP contribution in [0.25, 0.3) is 0 Å². The number of nitrogens with zero attached hydrogens (tertiary/aromatic N) is 1. The van der Waals surface area contributed by atoms with Crippen molar-refractivity contribution < 1.29 is 18.0 Å². The summed E-state index contributed by atoms with van der Waals surface area (Å²) in [5.74, 6) is -2.09. The van der Waals surface area contributed by atoms with Gasteiger partial charge in [-0.15, -0.1) is 0 Å². The van der Waals surface area contributed by atoms with Crippen molar-refractivity contribution in [1.82, 2.24) is 0 Å². The van der Waals surface area contributed by atoms with Gasteiger partial charge in [0.1, 0.15) is 5.92 Å². The predicted molar refractivity (Wildman–Crippen MR) is 49.3 cm³/mol. The molecule has 0 saturated heterocycles.